The van der Waals surface area contributed by atoms with Gasteiger partial charge in [-0.3, -0.25) is 4.79 Å². The Labute approximate surface area is 104 Å². The van der Waals surface area contributed by atoms with Gasteiger partial charge < -0.3 is 5.11 Å². The summed E-state index contributed by atoms with van der Waals surface area (Å²) < 4.78 is 0. The van der Waals surface area contributed by atoms with Crippen LogP contribution in [-0.4, -0.2) is 17.0 Å². The van der Waals surface area contributed by atoms with Gasteiger partial charge in [-0.15, -0.1) is 0 Å². The number of hydrogen-bond acceptors (Lipinski definition) is 2. The number of aliphatic hydroxyl groups excluding tert-OH is 1. The molecule has 4 fully saturated rings. The van der Waals surface area contributed by atoms with Crippen molar-refractivity contribution in [3.05, 3.63) is 0 Å². The third-order valence-corrected chi connectivity index (χ3v) is 6.31. The van der Waals surface area contributed by atoms with Crippen molar-refractivity contribution in [2.24, 2.45) is 34.5 Å². The van der Waals surface area contributed by atoms with E-state index in [1.165, 1.54) is 0 Å². The van der Waals surface area contributed by atoms with Crippen LogP contribution in [0.5, 0.6) is 0 Å². The van der Waals surface area contributed by atoms with E-state index in [1.807, 2.05) is 6.92 Å². The minimum absolute atomic E-state index is 0.133. The van der Waals surface area contributed by atoms with Gasteiger partial charge in [0.25, 0.3) is 0 Å². The smallest absolute Gasteiger partial charge is 0.147 e. The van der Waals surface area contributed by atoms with Gasteiger partial charge in [0.1, 0.15) is 5.78 Å². The van der Waals surface area contributed by atoms with Crippen molar-refractivity contribution < 1.29 is 9.90 Å². The van der Waals surface area contributed by atoms with Gasteiger partial charge in [-0.2, -0.15) is 0 Å². The molecule has 0 unspecified atom stereocenters. The second-order valence-electron chi connectivity index (χ2n) is 7.50. The molecule has 2 heteroatoms. The number of carbonyl (C=O) groups excluding carboxylic acids is 1. The van der Waals surface area contributed by atoms with Gasteiger partial charge in [0.2, 0.25) is 0 Å². The van der Waals surface area contributed by atoms with Gasteiger partial charge in [0, 0.05) is 5.41 Å². The molecule has 4 bridgehead atoms. The summed E-state index contributed by atoms with van der Waals surface area (Å²) in [6.07, 6.45) is 2.44. The summed E-state index contributed by atoms with van der Waals surface area (Å²) in [5.41, 5.74) is -0.580. The Morgan fingerprint density at radius 1 is 1.24 bits per heavy atom. The highest BCUT2D eigenvalue weighted by Gasteiger charge is 2.69. The summed E-state index contributed by atoms with van der Waals surface area (Å²) in [6, 6.07) is 0. The van der Waals surface area contributed by atoms with Crippen LogP contribution >= 0.6 is 0 Å². The largest absolute Gasteiger partial charge is 0.392 e. The summed E-state index contributed by atoms with van der Waals surface area (Å²) in [5.74, 6) is 2.82. The molecule has 0 heterocycles. The van der Waals surface area contributed by atoms with E-state index in [-0.39, 0.29) is 5.41 Å². The van der Waals surface area contributed by atoms with Crippen LogP contribution in [0.4, 0.5) is 0 Å². The zero-order valence-electron chi connectivity index (χ0n) is 11.4. The highest BCUT2D eigenvalue weighted by Crippen LogP contribution is 2.68. The van der Waals surface area contributed by atoms with Crippen molar-refractivity contribution in [1.82, 2.24) is 0 Å². The first-order valence-electron chi connectivity index (χ1n) is 7.03. The van der Waals surface area contributed by atoms with Crippen LogP contribution in [0.25, 0.3) is 0 Å². The second-order valence-corrected chi connectivity index (χ2v) is 7.50. The topological polar surface area (TPSA) is 37.3 Å². The maximum absolute atomic E-state index is 12.7. The van der Waals surface area contributed by atoms with Crippen molar-refractivity contribution in [2.75, 3.05) is 0 Å². The van der Waals surface area contributed by atoms with Crippen LogP contribution in [0.1, 0.15) is 47.0 Å². The molecule has 4 saturated carbocycles. The fourth-order valence-electron chi connectivity index (χ4n) is 5.31. The Balaban J connectivity index is 2.06. The molecule has 4 aliphatic carbocycles. The number of ketones is 1. The summed E-state index contributed by atoms with van der Waals surface area (Å²) >= 11 is 0. The summed E-state index contributed by atoms with van der Waals surface area (Å²) in [7, 11) is 0. The highest BCUT2D eigenvalue weighted by molar-refractivity contribution is 5.93. The molecule has 96 valence electrons. The van der Waals surface area contributed by atoms with Gasteiger partial charge in [0.15, 0.2) is 0 Å². The van der Waals surface area contributed by atoms with E-state index in [9.17, 15) is 9.90 Å². The third kappa shape index (κ3) is 1.18. The zero-order valence-corrected chi connectivity index (χ0v) is 11.4. The predicted molar refractivity (Wildman–Crippen MR) is 66.4 cm³/mol. The standard InChI is InChI=1S/C15H24O2/c1-8(2)9-6-14(3)11-5-12(16)15(4,13(14)17)7-10(9)11/h8-12,16H,5-7H2,1-4H3/t9-,10-,11-,12+,14+,15-/m0/s1. The first-order valence-corrected chi connectivity index (χ1v) is 7.03. The van der Waals surface area contributed by atoms with Gasteiger partial charge in [0.05, 0.1) is 11.5 Å². The monoisotopic (exact) mass is 236 g/mol. The molecule has 0 amide bonds. The zero-order chi connectivity index (χ0) is 12.6. The van der Waals surface area contributed by atoms with Crippen molar-refractivity contribution in [2.45, 2.75) is 53.1 Å². The van der Waals surface area contributed by atoms with Crippen LogP contribution in [0.2, 0.25) is 0 Å². The average molecular weight is 236 g/mol. The van der Waals surface area contributed by atoms with Crippen LogP contribution in [0, 0.1) is 34.5 Å². The Morgan fingerprint density at radius 2 is 1.88 bits per heavy atom. The fourth-order valence-corrected chi connectivity index (χ4v) is 5.31. The molecular weight excluding hydrogens is 212 g/mol. The van der Waals surface area contributed by atoms with Crippen molar-refractivity contribution in [3.8, 4) is 0 Å². The van der Waals surface area contributed by atoms with Gasteiger partial charge in [-0.1, -0.05) is 27.7 Å². The van der Waals surface area contributed by atoms with Crippen molar-refractivity contribution in [1.29, 1.82) is 0 Å². The van der Waals surface area contributed by atoms with E-state index >= 15 is 0 Å². The number of carbonyl (C=O) groups is 1. The minimum Gasteiger partial charge on any atom is -0.392 e. The molecule has 0 aliphatic heterocycles. The van der Waals surface area contributed by atoms with Gasteiger partial charge >= 0.3 is 0 Å². The second kappa shape index (κ2) is 3.14. The number of Topliss-reactive ketones (excluding diaryl/α,β-unsaturated/α-hetero) is 1. The predicted octanol–water partition coefficient (Wildman–Crippen LogP) is 2.64. The first kappa shape index (κ1) is 11.7. The normalized spacial score (nSPS) is 56.9. The van der Waals surface area contributed by atoms with Crippen LogP contribution in [-0.2, 0) is 4.79 Å². The molecule has 17 heavy (non-hydrogen) atoms. The Morgan fingerprint density at radius 3 is 2.47 bits per heavy atom. The van der Waals surface area contributed by atoms with Crippen LogP contribution < -0.4 is 0 Å². The van der Waals surface area contributed by atoms with E-state index in [2.05, 4.69) is 20.8 Å². The summed E-state index contributed by atoms with van der Waals surface area (Å²) in [4.78, 5) is 12.7. The maximum atomic E-state index is 12.7. The lowest BCUT2D eigenvalue weighted by Gasteiger charge is -2.55. The Hall–Kier alpha value is -0.370. The van der Waals surface area contributed by atoms with E-state index in [1.54, 1.807) is 0 Å². The van der Waals surface area contributed by atoms with Crippen molar-refractivity contribution in [3.63, 3.8) is 0 Å². The number of aliphatic hydroxyl groups is 1. The highest BCUT2D eigenvalue weighted by atomic mass is 16.3. The maximum Gasteiger partial charge on any atom is 0.147 e. The molecule has 0 radical (unpaired) electrons. The lowest BCUT2D eigenvalue weighted by molar-refractivity contribution is -0.171. The molecule has 0 saturated heterocycles. The molecule has 0 aromatic carbocycles. The van der Waals surface area contributed by atoms with E-state index in [0.717, 1.165) is 19.3 Å². The molecule has 6 atom stereocenters. The Bertz CT molecular complexity index is 375. The fraction of sp³-hybridized carbons (Fsp3) is 0.933. The number of fused-ring (bicyclic) bond motifs is 1. The molecule has 1 N–H and O–H groups in total. The van der Waals surface area contributed by atoms with E-state index in [0.29, 0.717) is 29.5 Å². The van der Waals surface area contributed by atoms with Crippen molar-refractivity contribution >= 4 is 5.78 Å². The van der Waals surface area contributed by atoms with Crippen LogP contribution in [0.15, 0.2) is 0 Å². The lowest BCUT2D eigenvalue weighted by Crippen LogP contribution is -2.60. The minimum atomic E-state index is -0.447. The average Bonchev–Trinajstić information content (AvgIpc) is 2.48. The molecule has 4 aliphatic rings. The van der Waals surface area contributed by atoms with Gasteiger partial charge in [-0.25, -0.2) is 0 Å². The third-order valence-electron chi connectivity index (χ3n) is 6.31. The quantitative estimate of drug-likeness (QED) is 0.760. The Kier molecular flexibility index (Phi) is 2.16. The molecule has 4 rings (SSSR count). The first-order chi connectivity index (χ1) is 7.80. The molecule has 0 spiro atoms. The van der Waals surface area contributed by atoms with Crippen LogP contribution in [0.3, 0.4) is 0 Å². The lowest BCUT2D eigenvalue weighted by atomic mass is 9.49. The number of hydrogen-bond donors (Lipinski definition) is 1. The number of rotatable bonds is 1. The summed E-state index contributed by atoms with van der Waals surface area (Å²) in [6.45, 7) is 8.74. The summed E-state index contributed by atoms with van der Waals surface area (Å²) in [5, 5.41) is 10.2. The molecule has 0 aromatic rings. The van der Waals surface area contributed by atoms with E-state index in [4.69, 9.17) is 0 Å². The molecular formula is C15H24O2. The van der Waals surface area contributed by atoms with E-state index < -0.39 is 11.5 Å². The molecule has 0 aromatic heterocycles. The molecule has 2 nitrogen and oxygen atoms in total. The SMILES string of the molecule is CC(C)[C@@H]1C[C@@]2(C)C(=O)[C@@]3(C)C[C@@H]1[C@@H]2C[C@H]3O. The van der Waals surface area contributed by atoms with Gasteiger partial charge in [-0.05, 0) is 42.9 Å².